The van der Waals surface area contributed by atoms with Gasteiger partial charge in [0.2, 0.25) is 0 Å². The summed E-state index contributed by atoms with van der Waals surface area (Å²) in [5, 5.41) is 7.01. The molecule has 0 spiro atoms. The van der Waals surface area contributed by atoms with Gasteiger partial charge in [0.25, 0.3) is 0 Å². The van der Waals surface area contributed by atoms with Crippen LogP contribution >= 0.6 is 11.3 Å². The molecule has 24 heavy (non-hydrogen) atoms. The lowest BCUT2D eigenvalue weighted by Gasteiger charge is -2.17. The molecule has 6 heteroatoms. The Morgan fingerprint density at radius 3 is 3.04 bits per heavy atom. The smallest absolute Gasteiger partial charge is 0.315 e. The number of hydrogen-bond acceptors (Lipinski definition) is 4. The number of fused-ring (bicyclic) bond motifs is 1. The third-order valence-electron chi connectivity index (χ3n) is 4.39. The van der Waals surface area contributed by atoms with E-state index in [0.29, 0.717) is 0 Å². The Balaban J connectivity index is 1.62. The van der Waals surface area contributed by atoms with Crippen molar-refractivity contribution in [3.63, 3.8) is 0 Å². The number of urea groups is 1. The Morgan fingerprint density at radius 2 is 2.33 bits per heavy atom. The largest absolute Gasteiger partial charge is 0.496 e. The molecule has 1 aromatic carbocycles. The topological polar surface area (TPSA) is 63.2 Å². The molecule has 3 rings (SSSR count). The van der Waals surface area contributed by atoms with E-state index in [9.17, 15) is 4.79 Å². The predicted octanol–water partition coefficient (Wildman–Crippen LogP) is 3.76. The first-order chi connectivity index (χ1) is 11.6. The summed E-state index contributed by atoms with van der Waals surface area (Å²) in [4.78, 5) is 18.0. The summed E-state index contributed by atoms with van der Waals surface area (Å²) in [5.41, 5.74) is 2.35. The van der Waals surface area contributed by atoms with Gasteiger partial charge in [0, 0.05) is 11.1 Å². The maximum atomic E-state index is 12.3. The second kappa shape index (κ2) is 7.21. The lowest BCUT2D eigenvalue weighted by Crippen LogP contribution is -2.38. The Labute approximate surface area is 146 Å². The lowest BCUT2D eigenvalue weighted by atomic mass is 10.1. The average Bonchev–Trinajstić information content (AvgIpc) is 3.22. The molecular weight excluding hydrogens is 322 g/mol. The molecule has 1 aromatic heterocycles. The Bertz CT molecular complexity index is 729. The van der Waals surface area contributed by atoms with E-state index in [2.05, 4.69) is 28.6 Å². The Morgan fingerprint density at radius 1 is 1.50 bits per heavy atom. The number of aryl methyl sites for hydroxylation is 1. The zero-order valence-corrected chi connectivity index (χ0v) is 15.1. The minimum Gasteiger partial charge on any atom is -0.496 e. The van der Waals surface area contributed by atoms with E-state index in [0.717, 1.165) is 35.6 Å². The predicted molar refractivity (Wildman–Crippen MR) is 95.6 cm³/mol. The van der Waals surface area contributed by atoms with Crippen molar-refractivity contribution in [1.82, 2.24) is 15.6 Å². The highest BCUT2D eigenvalue weighted by Gasteiger charge is 2.26. The van der Waals surface area contributed by atoms with Crippen LogP contribution < -0.4 is 15.4 Å². The van der Waals surface area contributed by atoms with Crippen LogP contribution in [0.5, 0.6) is 5.75 Å². The van der Waals surface area contributed by atoms with Crippen LogP contribution in [0.25, 0.3) is 0 Å². The molecule has 0 unspecified atom stereocenters. The highest BCUT2D eigenvalue weighted by molar-refractivity contribution is 7.11. The molecule has 1 aliphatic carbocycles. The monoisotopic (exact) mass is 345 g/mol. The third kappa shape index (κ3) is 3.38. The first-order valence-corrected chi connectivity index (χ1v) is 9.11. The fourth-order valence-corrected chi connectivity index (χ4v) is 3.97. The summed E-state index contributed by atoms with van der Waals surface area (Å²) in [5.74, 6) is 0.903. The number of thiazole rings is 1. The van der Waals surface area contributed by atoms with Crippen molar-refractivity contribution < 1.29 is 9.53 Å². The lowest BCUT2D eigenvalue weighted by molar-refractivity contribution is 0.234. The van der Waals surface area contributed by atoms with Crippen molar-refractivity contribution in [2.45, 2.75) is 45.2 Å². The molecule has 0 aliphatic heterocycles. The number of nitrogens with zero attached hydrogens (tertiary/aromatic N) is 1. The number of rotatable bonds is 5. The quantitative estimate of drug-likeness (QED) is 0.867. The van der Waals surface area contributed by atoms with Gasteiger partial charge in [-0.2, -0.15) is 0 Å². The SMILES string of the molecule is CCc1cnc([C@@H](C)NC(=O)N[C@H]2CCc3c(OC)cccc32)s1. The maximum Gasteiger partial charge on any atom is 0.315 e. The van der Waals surface area contributed by atoms with Crippen LogP contribution in [0.2, 0.25) is 0 Å². The van der Waals surface area contributed by atoms with Gasteiger partial charge < -0.3 is 15.4 Å². The van der Waals surface area contributed by atoms with Gasteiger partial charge in [-0.15, -0.1) is 11.3 Å². The Hall–Kier alpha value is -2.08. The summed E-state index contributed by atoms with van der Waals surface area (Å²) in [7, 11) is 1.68. The van der Waals surface area contributed by atoms with Gasteiger partial charge >= 0.3 is 6.03 Å². The van der Waals surface area contributed by atoms with Crippen molar-refractivity contribution in [3.8, 4) is 5.75 Å². The van der Waals surface area contributed by atoms with Gasteiger partial charge in [-0.3, -0.25) is 0 Å². The highest BCUT2D eigenvalue weighted by Crippen LogP contribution is 2.36. The summed E-state index contributed by atoms with van der Waals surface area (Å²) in [6.07, 6.45) is 4.67. The summed E-state index contributed by atoms with van der Waals surface area (Å²) in [6.45, 7) is 4.07. The number of methoxy groups -OCH3 is 1. The van der Waals surface area contributed by atoms with Crippen LogP contribution in [0.4, 0.5) is 4.79 Å². The van der Waals surface area contributed by atoms with Crippen molar-refractivity contribution in [1.29, 1.82) is 0 Å². The zero-order valence-electron chi connectivity index (χ0n) is 14.3. The molecule has 0 bridgehead atoms. The molecule has 2 N–H and O–H groups in total. The molecule has 2 aromatic rings. The van der Waals surface area contributed by atoms with Crippen molar-refractivity contribution in [2.75, 3.05) is 7.11 Å². The van der Waals surface area contributed by atoms with E-state index < -0.39 is 0 Å². The minimum atomic E-state index is -0.156. The molecule has 5 nitrogen and oxygen atoms in total. The van der Waals surface area contributed by atoms with Crippen LogP contribution in [-0.4, -0.2) is 18.1 Å². The second-order valence-corrected chi connectivity index (χ2v) is 7.12. The summed E-state index contributed by atoms with van der Waals surface area (Å²) in [6, 6.07) is 5.78. The number of nitrogens with one attached hydrogen (secondary N) is 2. The first kappa shape index (κ1) is 16.8. The molecule has 0 saturated carbocycles. The minimum absolute atomic E-state index is 0.0322. The average molecular weight is 345 g/mol. The van der Waals surface area contributed by atoms with E-state index in [1.165, 1.54) is 10.4 Å². The molecule has 0 radical (unpaired) electrons. The standard InChI is InChI=1S/C18H23N3O2S/c1-4-12-10-19-17(24-12)11(2)20-18(22)21-15-9-8-14-13(15)6-5-7-16(14)23-3/h5-7,10-11,15H,4,8-9H2,1-3H3,(H2,20,21,22)/t11-,15+/m1/s1. The second-order valence-electron chi connectivity index (χ2n) is 5.98. The normalized spacial score (nSPS) is 17.2. The molecule has 0 saturated heterocycles. The van der Waals surface area contributed by atoms with Gasteiger partial charge in [0.1, 0.15) is 10.8 Å². The van der Waals surface area contributed by atoms with Gasteiger partial charge in [-0.1, -0.05) is 19.1 Å². The van der Waals surface area contributed by atoms with E-state index in [1.807, 2.05) is 25.3 Å². The molecule has 2 atom stereocenters. The van der Waals surface area contributed by atoms with E-state index in [4.69, 9.17) is 4.74 Å². The van der Waals surface area contributed by atoms with E-state index in [-0.39, 0.29) is 18.1 Å². The number of benzene rings is 1. The summed E-state index contributed by atoms with van der Waals surface area (Å²) >= 11 is 1.65. The molecule has 128 valence electrons. The number of hydrogen-bond donors (Lipinski definition) is 2. The first-order valence-electron chi connectivity index (χ1n) is 8.29. The Kier molecular flexibility index (Phi) is 5.04. The number of amides is 2. The third-order valence-corrected chi connectivity index (χ3v) is 5.72. The van der Waals surface area contributed by atoms with Crippen LogP contribution in [0.15, 0.2) is 24.4 Å². The van der Waals surface area contributed by atoms with Crippen LogP contribution in [0.1, 0.15) is 53.4 Å². The van der Waals surface area contributed by atoms with Gasteiger partial charge in [0.15, 0.2) is 0 Å². The summed E-state index contributed by atoms with van der Waals surface area (Å²) < 4.78 is 5.41. The van der Waals surface area contributed by atoms with Crippen molar-refractivity contribution >= 4 is 17.4 Å². The van der Waals surface area contributed by atoms with Gasteiger partial charge in [-0.25, -0.2) is 9.78 Å². The molecule has 2 amide bonds. The molecule has 0 fully saturated rings. The van der Waals surface area contributed by atoms with Crippen LogP contribution in [0.3, 0.4) is 0 Å². The molecule has 1 heterocycles. The zero-order chi connectivity index (χ0) is 17.1. The fraction of sp³-hybridized carbons (Fsp3) is 0.444. The molecular formula is C18H23N3O2S. The number of aromatic nitrogens is 1. The fourth-order valence-electron chi connectivity index (χ4n) is 3.11. The van der Waals surface area contributed by atoms with Gasteiger partial charge in [-0.05, 0) is 43.4 Å². The maximum absolute atomic E-state index is 12.3. The van der Waals surface area contributed by atoms with Crippen LogP contribution in [-0.2, 0) is 12.8 Å². The molecule has 1 aliphatic rings. The highest BCUT2D eigenvalue weighted by atomic mass is 32.1. The van der Waals surface area contributed by atoms with Crippen molar-refractivity contribution in [3.05, 3.63) is 45.4 Å². The van der Waals surface area contributed by atoms with E-state index in [1.54, 1.807) is 18.4 Å². The van der Waals surface area contributed by atoms with Crippen molar-refractivity contribution in [2.24, 2.45) is 0 Å². The van der Waals surface area contributed by atoms with E-state index >= 15 is 0 Å². The van der Waals surface area contributed by atoms with Crippen LogP contribution in [0, 0.1) is 0 Å². The number of carbonyl (C=O) groups is 1. The number of ether oxygens (including phenoxy) is 1. The van der Waals surface area contributed by atoms with Gasteiger partial charge in [0.05, 0.1) is 19.2 Å². The number of carbonyl (C=O) groups excluding carboxylic acids is 1.